The maximum absolute atomic E-state index is 12.1. The van der Waals surface area contributed by atoms with E-state index in [-0.39, 0.29) is 23.8 Å². The monoisotopic (exact) mass is 342 g/mol. The first-order valence-corrected chi connectivity index (χ1v) is 6.58. The number of amides is 1. The van der Waals surface area contributed by atoms with Gasteiger partial charge in [0.1, 0.15) is 17.4 Å². The molecular formula is C14H13F3N4O3. The Balaban J connectivity index is 1.96. The van der Waals surface area contributed by atoms with E-state index in [2.05, 4.69) is 20.4 Å². The molecule has 0 unspecified atom stereocenters. The highest BCUT2D eigenvalue weighted by atomic mass is 19.4. The zero-order valence-corrected chi connectivity index (χ0v) is 12.1. The van der Waals surface area contributed by atoms with Gasteiger partial charge < -0.3 is 20.9 Å². The number of hydrogen-bond donors (Lipinski definition) is 4. The molecule has 128 valence electrons. The average molecular weight is 342 g/mol. The predicted octanol–water partition coefficient (Wildman–Crippen LogP) is 3.26. The third-order valence-electron chi connectivity index (χ3n) is 2.80. The minimum Gasteiger partial charge on any atom is -0.465 e. The van der Waals surface area contributed by atoms with Crippen LogP contribution in [0.1, 0.15) is 5.56 Å². The van der Waals surface area contributed by atoms with Crippen LogP contribution in [-0.2, 0) is 6.54 Å². The van der Waals surface area contributed by atoms with Gasteiger partial charge in [-0.05, 0) is 29.8 Å². The normalized spacial score (nSPS) is 11.0. The molecule has 2 rings (SSSR count). The zero-order chi connectivity index (χ0) is 17.7. The Morgan fingerprint density at radius 2 is 1.88 bits per heavy atom. The molecule has 1 aromatic heterocycles. The number of ether oxygens (including phenoxy) is 1. The smallest absolute Gasteiger partial charge is 0.465 e. The Morgan fingerprint density at radius 1 is 1.21 bits per heavy atom. The van der Waals surface area contributed by atoms with Gasteiger partial charge in [-0.25, -0.2) is 9.78 Å². The molecule has 1 heterocycles. The van der Waals surface area contributed by atoms with Crippen molar-refractivity contribution in [2.45, 2.75) is 12.9 Å². The van der Waals surface area contributed by atoms with Gasteiger partial charge in [0.05, 0.1) is 5.69 Å². The minimum atomic E-state index is -4.73. The van der Waals surface area contributed by atoms with Crippen molar-refractivity contribution in [3.8, 4) is 5.75 Å². The van der Waals surface area contributed by atoms with Gasteiger partial charge >= 0.3 is 12.5 Å². The Labute approximate surface area is 134 Å². The van der Waals surface area contributed by atoms with Crippen molar-refractivity contribution in [1.29, 1.82) is 0 Å². The lowest BCUT2D eigenvalue weighted by atomic mass is 10.2. The number of carbonyl (C=O) groups is 1. The van der Waals surface area contributed by atoms with Crippen LogP contribution in [0.2, 0.25) is 0 Å². The first kappa shape index (κ1) is 17.2. The second-order valence-electron chi connectivity index (χ2n) is 4.60. The third-order valence-corrected chi connectivity index (χ3v) is 2.80. The van der Waals surface area contributed by atoms with Gasteiger partial charge in [0, 0.05) is 6.54 Å². The molecule has 1 amide bonds. The first-order chi connectivity index (χ1) is 11.2. The van der Waals surface area contributed by atoms with Crippen molar-refractivity contribution in [2.24, 2.45) is 0 Å². The van der Waals surface area contributed by atoms with Gasteiger partial charge in [0.15, 0.2) is 0 Å². The summed E-state index contributed by atoms with van der Waals surface area (Å²) in [4.78, 5) is 14.5. The summed E-state index contributed by atoms with van der Waals surface area (Å²) in [6.45, 7) is 0.282. The van der Waals surface area contributed by atoms with Crippen LogP contribution in [-0.4, -0.2) is 22.5 Å². The standard InChI is InChI=1S/C14H13F3N4O3/c15-14(16,17)24-9-3-1-8(2-4-9)7-19-11-6-5-10(12(18)21-11)20-13(22)23/h1-6,20H,7H2,(H,22,23)(H3,18,19,21). The summed E-state index contributed by atoms with van der Waals surface area (Å²) in [7, 11) is 0. The van der Waals surface area contributed by atoms with Crippen LogP contribution in [0.15, 0.2) is 36.4 Å². The summed E-state index contributed by atoms with van der Waals surface area (Å²) < 4.78 is 40.0. The lowest BCUT2D eigenvalue weighted by Crippen LogP contribution is -2.17. The number of aromatic nitrogens is 1. The molecular weight excluding hydrogens is 329 g/mol. The fourth-order valence-corrected chi connectivity index (χ4v) is 1.80. The van der Waals surface area contributed by atoms with Crippen LogP contribution >= 0.6 is 0 Å². The van der Waals surface area contributed by atoms with Crippen molar-refractivity contribution in [2.75, 3.05) is 16.4 Å². The number of nitrogens with zero attached hydrogens (tertiary/aromatic N) is 1. The van der Waals surface area contributed by atoms with Gasteiger partial charge in [0.2, 0.25) is 0 Å². The number of hydrogen-bond acceptors (Lipinski definition) is 5. The van der Waals surface area contributed by atoms with Crippen LogP contribution in [0, 0.1) is 0 Å². The molecule has 0 saturated heterocycles. The summed E-state index contributed by atoms with van der Waals surface area (Å²) in [6, 6.07) is 8.30. The van der Waals surface area contributed by atoms with Gasteiger partial charge in [-0.15, -0.1) is 13.2 Å². The summed E-state index contributed by atoms with van der Waals surface area (Å²) in [5, 5.41) is 13.6. The zero-order valence-electron chi connectivity index (χ0n) is 12.1. The number of nitrogens with one attached hydrogen (secondary N) is 2. The SMILES string of the molecule is Nc1nc(NCc2ccc(OC(F)(F)F)cc2)ccc1NC(=O)O. The third kappa shape index (κ3) is 5.23. The van der Waals surface area contributed by atoms with E-state index in [0.29, 0.717) is 11.4 Å². The molecule has 0 aliphatic heterocycles. The summed E-state index contributed by atoms with van der Waals surface area (Å²) >= 11 is 0. The molecule has 0 bridgehead atoms. The van der Waals surface area contributed by atoms with E-state index in [0.717, 1.165) is 0 Å². The minimum absolute atomic E-state index is 0.00340. The van der Waals surface area contributed by atoms with Crippen molar-refractivity contribution < 1.29 is 27.8 Å². The summed E-state index contributed by atoms with van der Waals surface area (Å²) in [5.41, 5.74) is 6.46. The maximum atomic E-state index is 12.1. The molecule has 0 atom stereocenters. The van der Waals surface area contributed by atoms with E-state index in [1.54, 1.807) is 0 Å². The quantitative estimate of drug-likeness (QED) is 0.664. The second-order valence-corrected chi connectivity index (χ2v) is 4.60. The Kier molecular flexibility index (Phi) is 4.97. The number of anilines is 3. The molecule has 0 fully saturated rings. The number of pyridine rings is 1. The molecule has 10 heteroatoms. The van der Waals surface area contributed by atoms with E-state index >= 15 is 0 Å². The van der Waals surface area contributed by atoms with E-state index in [9.17, 15) is 18.0 Å². The molecule has 0 saturated carbocycles. The number of nitrogen functional groups attached to an aromatic ring is 1. The van der Waals surface area contributed by atoms with Crippen LogP contribution in [0.5, 0.6) is 5.75 Å². The van der Waals surface area contributed by atoms with Crippen LogP contribution < -0.4 is 21.1 Å². The summed E-state index contributed by atoms with van der Waals surface area (Å²) in [6.07, 6.45) is -5.99. The number of benzene rings is 1. The Morgan fingerprint density at radius 3 is 2.42 bits per heavy atom. The molecule has 0 aliphatic rings. The lowest BCUT2D eigenvalue weighted by Gasteiger charge is -2.11. The molecule has 7 nitrogen and oxygen atoms in total. The highest BCUT2D eigenvalue weighted by molar-refractivity contribution is 5.86. The molecule has 2 aromatic rings. The molecule has 0 spiro atoms. The molecule has 0 radical (unpaired) electrons. The van der Waals surface area contributed by atoms with Crippen LogP contribution in [0.3, 0.4) is 0 Å². The number of carboxylic acid groups (broad SMARTS) is 1. The molecule has 0 aliphatic carbocycles. The Hall–Kier alpha value is -3.17. The molecule has 5 N–H and O–H groups in total. The van der Waals surface area contributed by atoms with E-state index in [1.165, 1.54) is 36.4 Å². The fourth-order valence-electron chi connectivity index (χ4n) is 1.80. The van der Waals surface area contributed by atoms with Crippen LogP contribution in [0.4, 0.5) is 35.3 Å². The highest BCUT2D eigenvalue weighted by Crippen LogP contribution is 2.23. The van der Waals surface area contributed by atoms with Crippen LogP contribution in [0.25, 0.3) is 0 Å². The molecule has 24 heavy (non-hydrogen) atoms. The van der Waals surface area contributed by atoms with Gasteiger partial charge in [-0.2, -0.15) is 0 Å². The van der Waals surface area contributed by atoms with E-state index in [4.69, 9.17) is 10.8 Å². The number of alkyl halides is 3. The Bertz CT molecular complexity index is 720. The van der Waals surface area contributed by atoms with Crippen molar-refractivity contribution in [3.05, 3.63) is 42.0 Å². The lowest BCUT2D eigenvalue weighted by molar-refractivity contribution is -0.274. The number of rotatable bonds is 5. The first-order valence-electron chi connectivity index (χ1n) is 6.58. The predicted molar refractivity (Wildman–Crippen MR) is 80.7 cm³/mol. The van der Waals surface area contributed by atoms with Crippen molar-refractivity contribution in [1.82, 2.24) is 4.98 Å². The second kappa shape index (κ2) is 6.94. The summed E-state index contributed by atoms with van der Waals surface area (Å²) in [5.74, 6) is 0.0769. The van der Waals surface area contributed by atoms with E-state index < -0.39 is 12.5 Å². The fraction of sp³-hybridized carbons (Fsp3) is 0.143. The van der Waals surface area contributed by atoms with Gasteiger partial charge in [-0.1, -0.05) is 12.1 Å². The highest BCUT2D eigenvalue weighted by Gasteiger charge is 2.30. The molecule has 1 aromatic carbocycles. The topological polar surface area (TPSA) is 110 Å². The average Bonchev–Trinajstić information content (AvgIpc) is 2.47. The van der Waals surface area contributed by atoms with Crippen molar-refractivity contribution in [3.63, 3.8) is 0 Å². The number of nitrogens with two attached hydrogens (primary N) is 1. The van der Waals surface area contributed by atoms with Crippen molar-refractivity contribution >= 4 is 23.4 Å². The number of halogens is 3. The largest absolute Gasteiger partial charge is 0.573 e. The van der Waals surface area contributed by atoms with Gasteiger partial charge in [0.25, 0.3) is 0 Å². The van der Waals surface area contributed by atoms with E-state index in [1.807, 2.05) is 0 Å². The van der Waals surface area contributed by atoms with Gasteiger partial charge in [-0.3, -0.25) is 5.32 Å². The maximum Gasteiger partial charge on any atom is 0.573 e.